The van der Waals surface area contributed by atoms with Gasteiger partial charge in [0.15, 0.2) is 22.4 Å². The number of hydrogen-bond acceptors (Lipinski definition) is 5. The van der Waals surface area contributed by atoms with E-state index in [-0.39, 0.29) is 33.5 Å². The van der Waals surface area contributed by atoms with E-state index in [0.29, 0.717) is 11.1 Å². The predicted molar refractivity (Wildman–Crippen MR) is 129 cm³/mol. The van der Waals surface area contributed by atoms with Gasteiger partial charge in [-0.1, -0.05) is 60.7 Å². The Labute approximate surface area is 199 Å². The molecule has 0 heterocycles. The lowest BCUT2D eigenvalue weighted by molar-refractivity contribution is -0.105. The minimum atomic E-state index is -2.00. The zero-order valence-corrected chi connectivity index (χ0v) is 18.7. The fourth-order valence-electron chi connectivity index (χ4n) is 3.63. The third-order valence-corrected chi connectivity index (χ3v) is 6.83. The van der Waals surface area contributed by atoms with Gasteiger partial charge in [-0.05, 0) is 58.7 Å². The van der Waals surface area contributed by atoms with Crippen molar-refractivity contribution in [2.24, 2.45) is 0 Å². The van der Waals surface area contributed by atoms with Crippen LogP contribution in [0, 0.1) is 0 Å². The summed E-state index contributed by atoms with van der Waals surface area (Å²) >= 11 is -2.00. The maximum Gasteiger partial charge on any atom is 0.230 e. The molecule has 0 aliphatic carbocycles. The molecule has 0 aliphatic heterocycles. The van der Waals surface area contributed by atoms with E-state index in [9.17, 15) is 23.7 Å². The highest BCUT2D eigenvalue weighted by Crippen LogP contribution is 2.32. The number of aldehydes is 2. The summed E-state index contributed by atoms with van der Waals surface area (Å²) < 4.78 is 13.6. The number of benzene rings is 4. The van der Waals surface area contributed by atoms with E-state index in [1.54, 1.807) is 12.1 Å². The zero-order valence-electron chi connectivity index (χ0n) is 17.8. The lowest BCUT2D eigenvalue weighted by Gasteiger charge is -2.16. The van der Waals surface area contributed by atoms with Crippen molar-refractivity contribution < 1.29 is 23.7 Å². The van der Waals surface area contributed by atoms with Crippen LogP contribution in [-0.4, -0.2) is 28.7 Å². The summed E-state index contributed by atoms with van der Waals surface area (Å²) in [6.45, 7) is 0. The van der Waals surface area contributed by atoms with Gasteiger partial charge in [-0.2, -0.15) is 0 Å². The largest absolute Gasteiger partial charge is 0.606 e. The third-order valence-electron chi connectivity index (χ3n) is 5.32. The van der Waals surface area contributed by atoms with Crippen LogP contribution < -0.4 is 0 Å². The molecule has 0 atom stereocenters. The van der Waals surface area contributed by atoms with Crippen molar-refractivity contribution in [3.8, 4) is 22.3 Å². The number of hydrogen-bond donors (Lipinski definition) is 0. The van der Waals surface area contributed by atoms with Crippen LogP contribution in [-0.2, 0) is 20.8 Å². The first kappa shape index (κ1) is 23.0. The van der Waals surface area contributed by atoms with Gasteiger partial charge in [0.25, 0.3) is 0 Å². The van der Waals surface area contributed by atoms with E-state index < -0.39 is 22.7 Å². The van der Waals surface area contributed by atoms with Gasteiger partial charge < -0.3 is 4.55 Å². The Morgan fingerprint density at radius 2 is 0.941 bits per heavy atom. The minimum Gasteiger partial charge on any atom is -0.606 e. The van der Waals surface area contributed by atoms with E-state index >= 15 is 0 Å². The Morgan fingerprint density at radius 3 is 1.29 bits per heavy atom. The molecule has 0 N–H and O–H groups in total. The van der Waals surface area contributed by atoms with Crippen LogP contribution in [0.4, 0.5) is 0 Å². The van der Waals surface area contributed by atoms with E-state index in [0.717, 1.165) is 11.1 Å². The first-order valence-corrected chi connectivity index (χ1v) is 11.5. The molecule has 0 unspecified atom stereocenters. The Kier molecular flexibility index (Phi) is 6.92. The molecular formula is C28H18O5S. The zero-order chi connectivity index (χ0) is 24.1. The minimum absolute atomic E-state index is 0.0219. The molecule has 5 nitrogen and oxygen atoms in total. The normalized spacial score (nSPS) is 10.6. The maximum atomic E-state index is 13.6. The fraction of sp³-hybridized carbons (Fsp3) is 0. The Balaban J connectivity index is 1.84. The summed E-state index contributed by atoms with van der Waals surface area (Å²) in [5.74, 6) is -1.66. The molecule has 0 fully saturated rings. The smallest absolute Gasteiger partial charge is 0.230 e. The first-order valence-electron chi connectivity index (χ1n) is 10.3. The number of Topliss-reactive ketones (excluding diaryl/α,β-unsaturated/α-hetero) is 2. The van der Waals surface area contributed by atoms with Crippen LogP contribution >= 0.6 is 0 Å². The molecule has 4 aromatic carbocycles. The van der Waals surface area contributed by atoms with Gasteiger partial charge in [-0.25, -0.2) is 0 Å². The summed E-state index contributed by atoms with van der Waals surface area (Å²) in [5.41, 5.74) is 2.95. The summed E-state index contributed by atoms with van der Waals surface area (Å²) in [6.07, 6.45) is 0.335. The lowest BCUT2D eigenvalue weighted by Crippen LogP contribution is -2.15. The van der Waals surface area contributed by atoms with Crippen LogP contribution in [0.15, 0.2) is 107 Å². The Bertz CT molecular complexity index is 1270. The fourth-order valence-corrected chi connectivity index (χ4v) is 4.97. The summed E-state index contributed by atoms with van der Waals surface area (Å²) in [6, 6.07) is 27.9. The molecule has 4 aromatic rings. The van der Waals surface area contributed by atoms with E-state index in [4.69, 9.17) is 0 Å². The number of ketones is 2. The molecular weight excluding hydrogens is 448 g/mol. The van der Waals surface area contributed by atoms with Crippen LogP contribution in [0.25, 0.3) is 22.3 Å². The predicted octanol–water partition coefficient (Wildman–Crippen LogP) is 4.95. The lowest BCUT2D eigenvalue weighted by atomic mass is 10.0. The molecule has 0 saturated heterocycles. The summed E-state index contributed by atoms with van der Waals surface area (Å²) in [4.78, 5) is 47.7. The standard InChI is InChI=1S/C28H18O5S/c29-17-25(31)23-15-21(19-7-3-1-4-8-19)11-13-27(23)34(33)28-14-12-22(16-24(28)26(32)18-30)20-9-5-2-6-10-20/h1-18H. The molecule has 0 aliphatic rings. The van der Waals surface area contributed by atoms with Crippen LogP contribution in [0.5, 0.6) is 0 Å². The first-order chi connectivity index (χ1) is 16.5. The molecule has 6 heteroatoms. The third kappa shape index (κ3) is 4.64. The summed E-state index contributed by atoms with van der Waals surface area (Å²) in [5, 5.41) is 0. The topological polar surface area (TPSA) is 91.3 Å². The Hall–Kier alpha value is -4.13. The van der Waals surface area contributed by atoms with Crippen molar-refractivity contribution in [1.29, 1.82) is 0 Å². The second-order valence-electron chi connectivity index (χ2n) is 7.39. The average Bonchev–Trinajstić information content (AvgIpc) is 2.92. The van der Waals surface area contributed by atoms with Gasteiger partial charge in [-0.15, -0.1) is 0 Å². The van der Waals surface area contributed by atoms with Gasteiger partial charge in [0.05, 0.1) is 11.1 Å². The highest BCUT2D eigenvalue weighted by atomic mass is 32.2. The maximum absolute atomic E-state index is 13.6. The van der Waals surface area contributed by atoms with Crippen LogP contribution in [0.1, 0.15) is 20.7 Å². The molecule has 0 bridgehead atoms. The van der Waals surface area contributed by atoms with E-state index in [1.807, 2.05) is 60.7 Å². The molecule has 0 radical (unpaired) electrons. The van der Waals surface area contributed by atoms with E-state index in [2.05, 4.69) is 0 Å². The van der Waals surface area contributed by atoms with Crippen molar-refractivity contribution in [1.82, 2.24) is 0 Å². The second-order valence-corrected chi connectivity index (χ2v) is 8.80. The van der Waals surface area contributed by atoms with Crippen molar-refractivity contribution in [2.75, 3.05) is 0 Å². The van der Waals surface area contributed by atoms with Gasteiger partial charge in [-0.3, -0.25) is 19.2 Å². The van der Waals surface area contributed by atoms with Crippen LogP contribution in [0.3, 0.4) is 0 Å². The van der Waals surface area contributed by atoms with Gasteiger partial charge in [0, 0.05) is 11.2 Å². The quantitative estimate of drug-likeness (QED) is 0.159. The summed E-state index contributed by atoms with van der Waals surface area (Å²) in [7, 11) is 0. The second kappa shape index (κ2) is 10.2. The van der Waals surface area contributed by atoms with Crippen LogP contribution in [0.2, 0.25) is 0 Å². The molecule has 4 rings (SSSR count). The Morgan fingerprint density at radius 1 is 0.559 bits per heavy atom. The van der Waals surface area contributed by atoms with Gasteiger partial charge in [0.2, 0.25) is 11.6 Å². The number of rotatable bonds is 8. The molecule has 166 valence electrons. The van der Waals surface area contributed by atoms with Crippen molar-refractivity contribution >= 4 is 35.3 Å². The molecule has 34 heavy (non-hydrogen) atoms. The van der Waals surface area contributed by atoms with Crippen molar-refractivity contribution in [3.63, 3.8) is 0 Å². The van der Waals surface area contributed by atoms with Gasteiger partial charge in [0.1, 0.15) is 0 Å². The number of carbonyl (C=O) groups is 4. The van der Waals surface area contributed by atoms with Crippen molar-refractivity contribution in [2.45, 2.75) is 9.79 Å². The monoisotopic (exact) mass is 466 g/mol. The molecule has 0 spiro atoms. The molecule has 0 saturated carbocycles. The highest BCUT2D eigenvalue weighted by Gasteiger charge is 2.28. The highest BCUT2D eigenvalue weighted by molar-refractivity contribution is 7.91. The number of carbonyl (C=O) groups excluding carboxylic acids is 4. The molecule has 0 amide bonds. The van der Waals surface area contributed by atoms with Gasteiger partial charge >= 0.3 is 0 Å². The SMILES string of the molecule is O=CC(=O)c1cc(-c2ccccc2)ccc1[S+]([O-])c1ccc(-c2ccccc2)cc1C(=O)C=O. The van der Waals surface area contributed by atoms with Crippen molar-refractivity contribution in [3.05, 3.63) is 108 Å². The average molecular weight is 467 g/mol. The molecule has 0 aromatic heterocycles. The van der Waals surface area contributed by atoms with E-state index in [1.165, 1.54) is 24.3 Å².